The van der Waals surface area contributed by atoms with E-state index in [1.807, 2.05) is 6.92 Å². The highest BCUT2D eigenvalue weighted by Gasteiger charge is 2.37. The van der Waals surface area contributed by atoms with Gasteiger partial charge in [0.15, 0.2) is 0 Å². The van der Waals surface area contributed by atoms with Crippen LogP contribution in [0.25, 0.3) is 0 Å². The zero-order chi connectivity index (χ0) is 16.4. The summed E-state index contributed by atoms with van der Waals surface area (Å²) in [6.45, 7) is 3.79. The fraction of sp³-hybridized carbons (Fsp3) is 0.688. The van der Waals surface area contributed by atoms with E-state index >= 15 is 0 Å². The molecule has 0 aromatic carbocycles. The van der Waals surface area contributed by atoms with Gasteiger partial charge < -0.3 is 9.32 Å². The van der Waals surface area contributed by atoms with Gasteiger partial charge in [-0.25, -0.2) is 8.42 Å². The Morgan fingerprint density at radius 3 is 2.87 bits per heavy atom. The summed E-state index contributed by atoms with van der Waals surface area (Å²) in [5.41, 5.74) is 0.622. The molecule has 7 heteroatoms. The molecule has 128 valence electrons. The van der Waals surface area contributed by atoms with E-state index in [4.69, 9.17) is 4.42 Å². The van der Waals surface area contributed by atoms with E-state index in [9.17, 15) is 13.2 Å². The molecule has 23 heavy (non-hydrogen) atoms. The Labute approximate surface area is 137 Å². The molecule has 1 aromatic heterocycles. The molecule has 0 aliphatic carbocycles. The fourth-order valence-corrected chi connectivity index (χ4v) is 5.33. The largest absolute Gasteiger partial charge is 0.469 e. The second-order valence-electron chi connectivity index (χ2n) is 6.33. The lowest BCUT2D eigenvalue weighted by Crippen LogP contribution is -2.50. The molecule has 3 heterocycles. The minimum atomic E-state index is -3.13. The zero-order valence-corrected chi connectivity index (χ0v) is 14.3. The number of hydrogen-bond acceptors (Lipinski definition) is 4. The third-order valence-corrected chi connectivity index (χ3v) is 6.68. The van der Waals surface area contributed by atoms with E-state index in [1.165, 1.54) is 0 Å². The Morgan fingerprint density at radius 1 is 1.35 bits per heavy atom. The lowest BCUT2D eigenvalue weighted by Gasteiger charge is -2.36. The molecular weight excluding hydrogens is 316 g/mol. The van der Waals surface area contributed by atoms with Gasteiger partial charge in [0, 0.05) is 32.1 Å². The monoisotopic (exact) mass is 340 g/mol. The van der Waals surface area contributed by atoms with E-state index in [-0.39, 0.29) is 17.7 Å². The Kier molecular flexibility index (Phi) is 4.77. The van der Waals surface area contributed by atoms with Gasteiger partial charge in [-0.05, 0) is 31.7 Å². The van der Waals surface area contributed by atoms with Crippen LogP contribution in [0.3, 0.4) is 0 Å². The van der Waals surface area contributed by atoms with Crippen LogP contribution in [0.2, 0.25) is 0 Å². The summed E-state index contributed by atoms with van der Waals surface area (Å²) in [4.78, 5) is 14.6. The highest BCUT2D eigenvalue weighted by Crippen LogP contribution is 2.25. The van der Waals surface area contributed by atoms with Gasteiger partial charge in [0.1, 0.15) is 5.76 Å². The number of hydrogen-bond donors (Lipinski definition) is 0. The summed E-state index contributed by atoms with van der Waals surface area (Å²) < 4.78 is 31.3. The molecule has 1 aromatic rings. The Balaban J connectivity index is 1.73. The number of piperidine rings is 1. The number of nitrogens with zero attached hydrogens (tertiary/aromatic N) is 2. The topological polar surface area (TPSA) is 70.8 Å². The Bertz CT molecular complexity index is 667. The standard InChI is InChI=1S/C16H24N2O4S/c1-2-5-15-14(7-10-22-15)16(19)17-8-3-6-13(12-17)18-9-4-11-23(18,20)21/h7,10,13H,2-6,8-9,11-12H2,1H3/t13-/m1/s1. The second-order valence-corrected chi connectivity index (χ2v) is 8.38. The zero-order valence-electron chi connectivity index (χ0n) is 13.5. The third kappa shape index (κ3) is 3.30. The maximum absolute atomic E-state index is 12.8. The average Bonchev–Trinajstić information content (AvgIpc) is 3.13. The molecule has 0 radical (unpaired) electrons. The highest BCUT2D eigenvalue weighted by molar-refractivity contribution is 7.89. The van der Waals surface area contributed by atoms with Crippen molar-refractivity contribution < 1.29 is 17.6 Å². The molecule has 3 rings (SSSR count). The number of furan rings is 1. The molecule has 1 atom stereocenters. The van der Waals surface area contributed by atoms with Crippen molar-refractivity contribution in [3.8, 4) is 0 Å². The maximum atomic E-state index is 12.8. The van der Waals surface area contributed by atoms with Gasteiger partial charge in [-0.15, -0.1) is 0 Å². The quantitative estimate of drug-likeness (QED) is 0.839. The van der Waals surface area contributed by atoms with Crippen LogP contribution in [0.5, 0.6) is 0 Å². The van der Waals surface area contributed by atoms with Crippen LogP contribution in [0, 0.1) is 0 Å². The summed E-state index contributed by atoms with van der Waals surface area (Å²) in [7, 11) is -3.13. The predicted octanol–water partition coefficient (Wildman–Crippen LogP) is 1.87. The number of carbonyl (C=O) groups excluding carboxylic acids is 1. The molecule has 0 spiro atoms. The first-order chi connectivity index (χ1) is 11.0. The molecular formula is C16H24N2O4S. The van der Waals surface area contributed by atoms with Crippen LogP contribution in [0.15, 0.2) is 16.7 Å². The summed E-state index contributed by atoms with van der Waals surface area (Å²) in [6, 6.07) is 1.64. The van der Waals surface area contributed by atoms with E-state index in [1.54, 1.807) is 21.5 Å². The van der Waals surface area contributed by atoms with Crippen molar-refractivity contribution in [1.82, 2.24) is 9.21 Å². The number of rotatable bonds is 4. The number of sulfonamides is 1. The normalized spacial score (nSPS) is 24.9. The van der Waals surface area contributed by atoms with Crippen LogP contribution < -0.4 is 0 Å². The van der Waals surface area contributed by atoms with Crippen LogP contribution in [-0.4, -0.2) is 55.0 Å². The first-order valence-electron chi connectivity index (χ1n) is 8.38. The minimum absolute atomic E-state index is 0.0384. The van der Waals surface area contributed by atoms with Crippen molar-refractivity contribution in [1.29, 1.82) is 0 Å². The van der Waals surface area contributed by atoms with Gasteiger partial charge in [0.25, 0.3) is 5.91 Å². The molecule has 0 N–H and O–H groups in total. The van der Waals surface area contributed by atoms with E-state index in [0.717, 1.165) is 31.4 Å². The van der Waals surface area contributed by atoms with Crippen molar-refractivity contribution in [3.05, 3.63) is 23.7 Å². The van der Waals surface area contributed by atoms with E-state index in [0.29, 0.717) is 31.6 Å². The second kappa shape index (κ2) is 6.65. The lowest BCUT2D eigenvalue weighted by molar-refractivity contribution is 0.0656. The predicted molar refractivity (Wildman–Crippen MR) is 86.7 cm³/mol. The van der Waals surface area contributed by atoms with Crippen molar-refractivity contribution >= 4 is 15.9 Å². The lowest BCUT2D eigenvalue weighted by atomic mass is 10.0. The molecule has 2 aliphatic heterocycles. The third-order valence-electron chi connectivity index (χ3n) is 4.68. The Hall–Kier alpha value is -1.34. The summed E-state index contributed by atoms with van der Waals surface area (Å²) in [6.07, 6.45) is 5.58. The summed E-state index contributed by atoms with van der Waals surface area (Å²) >= 11 is 0. The first kappa shape index (κ1) is 16.5. The molecule has 0 saturated carbocycles. The van der Waals surface area contributed by atoms with Crippen LogP contribution >= 0.6 is 0 Å². The number of carbonyl (C=O) groups is 1. The van der Waals surface area contributed by atoms with Crippen LogP contribution in [-0.2, 0) is 16.4 Å². The summed E-state index contributed by atoms with van der Waals surface area (Å²) in [5, 5.41) is 0. The van der Waals surface area contributed by atoms with Crippen molar-refractivity contribution in [2.24, 2.45) is 0 Å². The molecule has 2 fully saturated rings. The number of amides is 1. The average molecular weight is 340 g/mol. The van der Waals surface area contributed by atoms with Gasteiger partial charge in [-0.3, -0.25) is 4.79 Å². The van der Waals surface area contributed by atoms with Gasteiger partial charge >= 0.3 is 0 Å². The van der Waals surface area contributed by atoms with Crippen molar-refractivity contribution in [3.63, 3.8) is 0 Å². The molecule has 2 saturated heterocycles. The smallest absolute Gasteiger partial charge is 0.257 e. The van der Waals surface area contributed by atoms with E-state index in [2.05, 4.69) is 0 Å². The molecule has 0 bridgehead atoms. The molecule has 2 aliphatic rings. The van der Waals surface area contributed by atoms with Crippen molar-refractivity contribution in [2.75, 3.05) is 25.4 Å². The molecule has 1 amide bonds. The Morgan fingerprint density at radius 2 is 2.17 bits per heavy atom. The van der Waals surface area contributed by atoms with Gasteiger partial charge in [0.2, 0.25) is 10.0 Å². The molecule has 6 nitrogen and oxygen atoms in total. The number of aryl methyl sites for hydroxylation is 1. The van der Waals surface area contributed by atoms with Crippen molar-refractivity contribution in [2.45, 2.75) is 45.1 Å². The summed E-state index contributed by atoms with van der Waals surface area (Å²) in [5.74, 6) is 0.928. The SMILES string of the molecule is CCCc1occc1C(=O)N1CCC[C@@H](N2CCCS2(=O)=O)C1. The van der Waals surface area contributed by atoms with Gasteiger partial charge in [-0.2, -0.15) is 4.31 Å². The minimum Gasteiger partial charge on any atom is -0.469 e. The van der Waals surface area contributed by atoms with Gasteiger partial charge in [-0.1, -0.05) is 6.92 Å². The maximum Gasteiger partial charge on any atom is 0.257 e. The molecule has 0 unspecified atom stereocenters. The fourth-order valence-electron chi connectivity index (χ4n) is 3.57. The van der Waals surface area contributed by atoms with E-state index < -0.39 is 10.0 Å². The first-order valence-corrected chi connectivity index (χ1v) is 9.99. The van der Waals surface area contributed by atoms with Crippen LogP contribution in [0.1, 0.15) is 48.7 Å². The van der Waals surface area contributed by atoms with Crippen LogP contribution in [0.4, 0.5) is 0 Å². The highest BCUT2D eigenvalue weighted by atomic mass is 32.2. The van der Waals surface area contributed by atoms with Gasteiger partial charge in [0.05, 0.1) is 17.6 Å². The number of likely N-dealkylation sites (tertiary alicyclic amines) is 1.